The van der Waals surface area contributed by atoms with Crippen molar-refractivity contribution in [2.24, 2.45) is 5.73 Å². The third kappa shape index (κ3) is 2.33. The summed E-state index contributed by atoms with van der Waals surface area (Å²) in [7, 11) is 0. The van der Waals surface area contributed by atoms with E-state index in [1.165, 1.54) is 12.8 Å². The van der Waals surface area contributed by atoms with Gasteiger partial charge in [0.2, 0.25) is 0 Å². The third-order valence-corrected chi connectivity index (χ3v) is 3.15. The lowest BCUT2D eigenvalue weighted by Gasteiger charge is -2.12. The van der Waals surface area contributed by atoms with E-state index in [4.69, 9.17) is 10.2 Å². The minimum absolute atomic E-state index is 0.0250. The molecule has 1 aliphatic rings. The van der Waals surface area contributed by atoms with Gasteiger partial charge in [0.1, 0.15) is 5.52 Å². The summed E-state index contributed by atoms with van der Waals surface area (Å²) < 4.78 is 5.44. The van der Waals surface area contributed by atoms with Crippen molar-refractivity contribution in [1.29, 1.82) is 0 Å². The Morgan fingerprint density at radius 2 is 2.35 bits per heavy atom. The molecule has 3 N–H and O–H groups in total. The zero-order chi connectivity index (χ0) is 11.8. The zero-order valence-corrected chi connectivity index (χ0v) is 9.94. The average Bonchev–Trinajstić information content (AvgIpc) is 3.06. The first-order valence-electron chi connectivity index (χ1n) is 6.08. The Bertz CT molecular complexity index is 530. The minimum Gasteiger partial charge on any atom is -0.441 e. The van der Waals surface area contributed by atoms with Gasteiger partial charge in [-0.2, -0.15) is 0 Å². The maximum absolute atomic E-state index is 6.15. The molecule has 0 spiro atoms. The first-order chi connectivity index (χ1) is 8.22. The van der Waals surface area contributed by atoms with Crippen molar-refractivity contribution >= 4 is 11.1 Å². The van der Waals surface area contributed by atoms with Crippen LogP contribution >= 0.6 is 0 Å². The van der Waals surface area contributed by atoms with E-state index in [1.807, 2.05) is 25.1 Å². The molecule has 0 radical (unpaired) electrons. The second-order valence-corrected chi connectivity index (χ2v) is 4.75. The van der Waals surface area contributed by atoms with Gasteiger partial charge < -0.3 is 15.5 Å². The lowest BCUT2D eigenvalue weighted by atomic mass is 10.1. The van der Waals surface area contributed by atoms with E-state index in [0.29, 0.717) is 11.9 Å². The van der Waals surface area contributed by atoms with Crippen LogP contribution in [0.25, 0.3) is 11.1 Å². The predicted molar refractivity (Wildman–Crippen MR) is 66.7 cm³/mol. The number of nitrogens with zero attached hydrogens (tertiary/aromatic N) is 1. The molecule has 0 saturated heterocycles. The summed E-state index contributed by atoms with van der Waals surface area (Å²) >= 11 is 0. The molecular weight excluding hydrogens is 214 g/mol. The standard InChI is InChI=1S/C13H17N3O/c1-8-16-12-6-9(2-5-13(12)17-8)11(14)7-15-10-3-4-10/h2,5-6,10-11,15H,3-4,7,14H2,1H3. The van der Waals surface area contributed by atoms with Gasteiger partial charge in [-0.15, -0.1) is 0 Å². The van der Waals surface area contributed by atoms with Crippen LogP contribution in [-0.2, 0) is 0 Å². The highest BCUT2D eigenvalue weighted by molar-refractivity contribution is 5.73. The Kier molecular flexibility index (Phi) is 2.61. The van der Waals surface area contributed by atoms with Crippen LogP contribution in [-0.4, -0.2) is 17.6 Å². The fraction of sp³-hybridized carbons (Fsp3) is 0.462. The summed E-state index contributed by atoms with van der Waals surface area (Å²) in [6, 6.07) is 6.70. The number of hydrogen-bond donors (Lipinski definition) is 2. The highest BCUT2D eigenvalue weighted by Gasteiger charge is 2.21. The van der Waals surface area contributed by atoms with Crippen molar-refractivity contribution < 1.29 is 4.42 Å². The maximum atomic E-state index is 6.15. The van der Waals surface area contributed by atoms with Gasteiger partial charge in [0.15, 0.2) is 11.5 Å². The molecule has 3 rings (SSSR count). The second kappa shape index (κ2) is 4.13. The highest BCUT2D eigenvalue weighted by Crippen LogP contribution is 2.22. The van der Waals surface area contributed by atoms with Crippen LogP contribution in [0, 0.1) is 6.92 Å². The van der Waals surface area contributed by atoms with Crippen LogP contribution in [0.5, 0.6) is 0 Å². The van der Waals surface area contributed by atoms with E-state index >= 15 is 0 Å². The Morgan fingerprint density at radius 1 is 1.53 bits per heavy atom. The molecule has 0 aliphatic heterocycles. The van der Waals surface area contributed by atoms with Gasteiger partial charge in [-0.3, -0.25) is 0 Å². The summed E-state index contributed by atoms with van der Waals surface area (Å²) in [5.74, 6) is 0.696. The van der Waals surface area contributed by atoms with Gasteiger partial charge >= 0.3 is 0 Å². The van der Waals surface area contributed by atoms with Crippen LogP contribution < -0.4 is 11.1 Å². The SMILES string of the molecule is Cc1nc2cc(C(N)CNC3CC3)ccc2o1. The van der Waals surface area contributed by atoms with Crippen molar-refractivity contribution in [2.45, 2.75) is 31.8 Å². The van der Waals surface area contributed by atoms with Crippen molar-refractivity contribution in [1.82, 2.24) is 10.3 Å². The number of aryl methyl sites for hydroxylation is 1. The van der Waals surface area contributed by atoms with Crippen molar-refractivity contribution in [3.8, 4) is 0 Å². The van der Waals surface area contributed by atoms with Crippen molar-refractivity contribution in [2.75, 3.05) is 6.54 Å². The number of hydrogen-bond acceptors (Lipinski definition) is 4. The van der Waals surface area contributed by atoms with Crippen LogP contribution in [0.4, 0.5) is 0 Å². The number of fused-ring (bicyclic) bond motifs is 1. The number of nitrogens with one attached hydrogen (secondary N) is 1. The molecule has 0 amide bonds. The smallest absolute Gasteiger partial charge is 0.192 e. The zero-order valence-electron chi connectivity index (χ0n) is 9.94. The van der Waals surface area contributed by atoms with E-state index in [1.54, 1.807) is 0 Å². The summed E-state index contributed by atoms with van der Waals surface area (Å²) in [5, 5.41) is 3.44. The first kappa shape index (κ1) is 10.7. The molecule has 2 aromatic rings. The van der Waals surface area contributed by atoms with E-state index < -0.39 is 0 Å². The normalized spacial score (nSPS) is 17.5. The second-order valence-electron chi connectivity index (χ2n) is 4.75. The molecule has 0 bridgehead atoms. The van der Waals surface area contributed by atoms with Crippen LogP contribution in [0.3, 0.4) is 0 Å². The third-order valence-electron chi connectivity index (χ3n) is 3.15. The highest BCUT2D eigenvalue weighted by atomic mass is 16.3. The quantitative estimate of drug-likeness (QED) is 0.843. The van der Waals surface area contributed by atoms with E-state index in [9.17, 15) is 0 Å². The number of benzene rings is 1. The number of nitrogens with two attached hydrogens (primary N) is 1. The monoisotopic (exact) mass is 231 g/mol. The van der Waals surface area contributed by atoms with E-state index in [-0.39, 0.29) is 6.04 Å². The molecule has 90 valence electrons. The van der Waals surface area contributed by atoms with Crippen LogP contribution in [0.1, 0.15) is 30.3 Å². The largest absolute Gasteiger partial charge is 0.441 e. The van der Waals surface area contributed by atoms with Gasteiger partial charge in [0, 0.05) is 25.6 Å². The molecule has 17 heavy (non-hydrogen) atoms. The molecule has 1 unspecified atom stereocenters. The Hall–Kier alpha value is -1.39. The van der Waals surface area contributed by atoms with E-state index in [2.05, 4.69) is 10.3 Å². The number of oxazole rings is 1. The molecular formula is C13H17N3O. The van der Waals surface area contributed by atoms with Crippen molar-refractivity contribution in [3.63, 3.8) is 0 Å². The average molecular weight is 231 g/mol. The summed E-state index contributed by atoms with van der Waals surface area (Å²) in [6.07, 6.45) is 2.57. The molecule has 1 aliphatic carbocycles. The molecule has 1 fully saturated rings. The van der Waals surface area contributed by atoms with Gasteiger partial charge in [-0.05, 0) is 30.5 Å². The molecule has 1 heterocycles. The molecule has 4 heteroatoms. The number of aromatic nitrogens is 1. The lowest BCUT2D eigenvalue weighted by molar-refractivity contribution is 0.560. The molecule has 1 aromatic heterocycles. The first-order valence-corrected chi connectivity index (χ1v) is 6.08. The topological polar surface area (TPSA) is 64.1 Å². The molecule has 1 atom stereocenters. The van der Waals surface area contributed by atoms with Gasteiger partial charge in [0.05, 0.1) is 0 Å². The van der Waals surface area contributed by atoms with Crippen LogP contribution in [0.2, 0.25) is 0 Å². The Morgan fingerprint density at radius 3 is 3.12 bits per heavy atom. The van der Waals surface area contributed by atoms with Gasteiger partial charge in [0.25, 0.3) is 0 Å². The summed E-state index contributed by atoms with van der Waals surface area (Å²) in [6.45, 7) is 2.68. The Labute approximate surface area is 100 Å². The minimum atomic E-state index is 0.0250. The molecule has 4 nitrogen and oxygen atoms in total. The van der Waals surface area contributed by atoms with Crippen molar-refractivity contribution in [3.05, 3.63) is 29.7 Å². The van der Waals surface area contributed by atoms with Gasteiger partial charge in [-0.1, -0.05) is 6.07 Å². The lowest BCUT2D eigenvalue weighted by Crippen LogP contribution is -2.28. The predicted octanol–water partition coefficient (Wildman–Crippen LogP) is 1.89. The fourth-order valence-corrected chi connectivity index (χ4v) is 1.99. The molecule has 1 saturated carbocycles. The maximum Gasteiger partial charge on any atom is 0.192 e. The fourth-order valence-electron chi connectivity index (χ4n) is 1.99. The summed E-state index contributed by atoms with van der Waals surface area (Å²) in [5.41, 5.74) is 8.98. The van der Waals surface area contributed by atoms with E-state index in [0.717, 1.165) is 23.2 Å². The molecule has 1 aromatic carbocycles. The van der Waals surface area contributed by atoms with Crippen LogP contribution in [0.15, 0.2) is 22.6 Å². The number of rotatable bonds is 4. The Balaban J connectivity index is 1.78. The van der Waals surface area contributed by atoms with Gasteiger partial charge in [-0.25, -0.2) is 4.98 Å². The summed E-state index contributed by atoms with van der Waals surface area (Å²) in [4.78, 5) is 4.32.